The molecule has 0 saturated heterocycles. The Balaban J connectivity index is 0.609. The zero-order valence-corrected chi connectivity index (χ0v) is 72.9. The molecule has 0 spiro atoms. The van der Waals surface area contributed by atoms with Gasteiger partial charge in [-0.3, -0.25) is 21.3 Å². The first-order valence-corrected chi connectivity index (χ1v) is 41.2. The van der Waals surface area contributed by atoms with Crippen LogP contribution in [0.5, 0.6) is 0 Å². The van der Waals surface area contributed by atoms with Crippen molar-refractivity contribution in [2.24, 2.45) is 0 Å². The number of anilines is 4. The smallest absolute Gasteiger partial charge is 0.411 e. The third-order valence-corrected chi connectivity index (χ3v) is 21.6. The number of hydrogen-bond donors (Lipinski definition) is 4. The number of nitrogens with zero attached hydrogens (tertiary/aromatic N) is 2. The average Bonchev–Trinajstić information content (AvgIpc) is 0.732. The lowest BCUT2D eigenvalue weighted by atomic mass is 9.64. The number of carbonyl (C=O) groups excluding carboxylic acids is 4. The second kappa shape index (κ2) is 37.5. The molecule has 0 fully saturated rings. The van der Waals surface area contributed by atoms with Crippen molar-refractivity contribution in [3.05, 3.63) is 380 Å². The molecular weight excluding hydrogens is 1490 g/mol. The number of ether oxygens (including phenoxy) is 4. The minimum Gasteiger partial charge on any atom is -0.445 e. The minimum absolute atomic E-state index is 0.00371. The van der Waals surface area contributed by atoms with Gasteiger partial charge in [0.2, 0.25) is 0 Å². The maximum absolute atomic E-state index is 13.3. The fraction of sp³-hybridized carbons (Fsp3) is 0.283. The first-order chi connectivity index (χ1) is 56.8. The van der Waals surface area contributed by atoms with Crippen molar-refractivity contribution in [3.8, 4) is 0 Å². The minimum atomic E-state index is -0.704. The molecule has 0 unspecified atom stereocenters. The maximum atomic E-state index is 13.3. The highest BCUT2D eigenvalue weighted by atomic mass is 16.6. The molecule has 2 aromatic heterocycles. The number of benzene rings is 9. The molecule has 11 aromatic rings. The van der Waals surface area contributed by atoms with E-state index in [1.54, 1.807) is 72.9 Å². The zero-order valence-electron chi connectivity index (χ0n) is 72.9. The summed E-state index contributed by atoms with van der Waals surface area (Å²) in [6.45, 7) is 40.2. The van der Waals surface area contributed by atoms with Crippen molar-refractivity contribution in [3.63, 3.8) is 0 Å². The van der Waals surface area contributed by atoms with E-state index >= 15 is 0 Å². The molecule has 0 saturated carbocycles. The highest BCUT2D eigenvalue weighted by Crippen LogP contribution is 2.49. The molecule has 618 valence electrons. The Hall–Kier alpha value is -12.7. The quantitative estimate of drug-likeness (QED) is 0.0336. The molecule has 0 aliphatic heterocycles. The Bertz CT molecular complexity index is 4810. The number of nitrogens with one attached hydrogen (secondary N) is 4. The highest BCUT2D eigenvalue weighted by Gasteiger charge is 2.41. The van der Waals surface area contributed by atoms with Gasteiger partial charge in [-0.2, -0.15) is 0 Å². The molecule has 2 heterocycles. The van der Waals surface area contributed by atoms with Crippen molar-refractivity contribution >= 4 is 71.4 Å². The number of amides is 4. The number of hydrogen-bond acceptors (Lipinski definition) is 10. The van der Waals surface area contributed by atoms with Crippen LogP contribution in [0, 0.1) is 0 Å². The molecule has 0 bridgehead atoms. The Labute approximate surface area is 710 Å². The second-order valence-electron chi connectivity index (χ2n) is 36.7. The largest absolute Gasteiger partial charge is 0.445 e. The van der Waals surface area contributed by atoms with Gasteiger partial charge >= 0.3 is 24.4 Å². The summed E-state index contributed by atoms with van der Waals surface area (Å²) < 4.78 is 22.0. The van der Waals surface area contributed by atoms with Gasteiger partial charge in [-0.25, -0.2) is 29.1 Å². The summed E-state index contributed by atoms with van der Waals surface area (Å²) in [5, 5.41) is 11.2. The van der Waals surface area contributed by atoms with Crippen molar-refractivity contribution < 1.29 is 38.1 Å². The van der Waals surface area contributed by atoms with Crippen LogP contribution in [0.15, 0.2) is 279 Å². The van der Waals surface area contributed by atoms with Gasteiger partial charge in [0.05, 0.1) is 33.6 Å². The van der Waals surface area contributed by atoms with E-state index in [1.807, 2.05) is 60.7 Å². The Morgan fingerprint density at radius 2 is 0.367 bits per heavy atom. The van der Waals surface area contributed by atoms with E-state index in [1.165, 1.54) is 33.4 Å². The topological polar surface area (TPSA) is 179 Å². The third-order valence-electron chi connectivity index (χ3n) is 21.6. The number of carbonyl (C=O) groups is 4. The van der Waals surface area contributed by atoms with Crippen LogP contribution in [0.3, 0.4) is 0 Å². The van der Waals surface area contributed by atoms with E-state index in [0.717, 1.165) is 44.5 Å². The van der Waals surface area contributed by atoms with Crippen molar-refractivity contribution in [1.29, 1.82) is 0 Å². The predicted molar refractivity (Wildman–Crippen MR) is 493 cm³/mol. The summed E-state index contributed by atoms with van der Waals surface area (Å²) >= 11 is 0. The SMILES string of the molecule is CC(C)(C)c1ccc(C(c2ccc(NC(=O)OC/C=C/c3cccc(/C=C/COC(=O)Nc4ccc(NC(=O)OC/C=C/c5cccc(/C=C/COC(=O)Nc6ccc(C(c7ccc(C(C)(C)C)cc7)(c7ccc(C(C)(C)C)cc7)c7ccc(C(C)(C)C)cc7)cc6)n5)cc4)n3)cc2)(c2ccc(C(C)(C)C)cc2)c2ccc(C(C)(C)C)cc2)cc1. The standard InChI is InChI=1S/C106H116N6O8/c1-99(2,3)73-33-45-79(46-34-73)105(80-47-35-74(36-48-80)100(4,5)6,81-49-37-75(38-50-81)101(7,8)9)85-57-61-91(62-58-85)109-95(113)117-69-21-29-87-25-19-27-89(107-87)31-23-71-119-97(115)111-93-65-67-94(68-66-93)112-98(116)120-72-24-32-90-28-20-26-88(108-90)30-22-70-118-96(114)110-92-63-59-86(60-64-92)106(82-51-39-76(40-52-82)102(10,11)12,83-53-41-77(42-54-83)103(13,14)15)84-55-43-78(44-56-84)104(16,17)18/h19-68H,69-72H2,1-18H3,(H,109,113)(H,110,114)(H,111,115)(H,112,116)/b29-21+,30-22+,31-23+,32-24+. The molecule has 14 nitrogen and oxygen atoms in total. The van der Waals surface area contributed by atoms with Crippen molar-refractivity contribution in [2.75, 3.05) is 47.7 Å². The normalized spacial score (nSPS) is 12.6. The lowest BCUT2D eigenvalue weighted by molar-refractivity contribution is 0.173. The number of rotatable bonds is 24. The van der Waals surface area contributed by atoms with E-state index in [2.05, 4.69) is 326 Å². The molecule has 120 heavy (non-hydrogen) atoms. The average molecular weight is 1600 g/mol. The maximum Gasteiger partial charge on any atom is 0.411 e. The molecule has 9 aromatic carbocycles. The fourth-order valence-electron chi connectivity index (χ4n) is 14.7. The molecule has 0 radical (unpaired) electrons. The predicted octanol–water partition coefficient (Wildman–Crippen LogP) is 26.1. The monoisotopic (exact) mass is 1600 g/mol. The van der Waals surface area contributed by atoms with Crippen LogP contribution in [0.4, 0.5) is 41.9 Å². The van der Waals surface area contributed by atoms with Crippen LogP contribution in [0.25, 0.3) is 24.3 Å². The summed E-state index contributed by atoms with van der Waals surface area (Å²) in [5.41, 5.74) is 19.5. The first kappa shape index (κ1) is 88.1. The van der Waals surface area contributed by atoms with Crippen LogP contribution in [0.2, 0.25) is 0 Å². The van der Waals surface area contributed by atoms with Gasteiger partial charge in [0.15, 0.2) is 0 Å². The lowest BCUT2D eigenvalue weighted by Gasteiger charge is -2.38. The van der Waals surface area contributed by atoms with E-state index in [9.17, 15) is 19.2 Å². The van der Waals surface area contributed by atoms with Crippen LogP contribution in [0.1, 0.15) is 225 Å². The molecule has 0 atom stereocenters. The summed E-state index contributed by atoms with van der Waals surface area (Å²) in [7, 11) is 0. The summed E-state index contributed by atoms with van der Waals surface area (Å²) in [6, 6.07) is 87.9. The van der Waals surface area contributed by atoms with Crippen molar-refractivity contribution in [2.45, 2.75) is 168 Å². The zero-order chi connectivity index (χ0) is 86.3. The Morgan fingerprint density at radius 3 is 0.525 bits per heavy atom. The molecular formula is C106H116N6O8. The highest BCUT2D eigenvalue weighted by molar-refractivity contribution is 5.88. The molecule has 4 amide bonds. The van der Waals surface area contributed by atoms with Crippen LogP contribution in [-0.4, -0.2) is 60.8 Å². The van der Waals surface area contributed by atoms with Crippen molar-refractivity contribution in [1.82, 2.24) is 9.97 Å². The number of pyridine rings is 2. The fourth-order valence-corrected chi connectivity index (χ4v) is 14.7. The van der Waals surface area contributed by atoms with Crippen LogP contribution < -0.4 is 21.3 Å². The lowest BCUT2D eigenvalue weighted by Crippen LogP contribution is -2.31. The summed E-state index contributed by atoms with van der Waals surface area (Å²) in [4.78, 5) is 61.3. The van der Waals surface area contributed by atoms with E-state index < -0.39 is 35.2 Å². The van der Waals surface area contributed by atoms with E-state index in [-0.39, 0.29) is 58.9 Å². The van der Waals surface area contributed by atoms with Gasteiger partial charge in [-0.05, 0) is 232 Å². The van der Waals surface area contributed by atoms with E-state index in [0.29, 0.717) is 45.5 Å². The van der Waals surface area contributed by atoms with Gasteiger partial charge in [0, 0.05) is 22.7 Å². The van der Waals surface area contributed by atoms with Gasteiger partial charge in [0.25, 0.3) is 0 Å². The Morgan fingerprint density at radius 1 is 0.225 bits per heavy atom. The molecule has 14 heteroatoms. The Kier molecular flexibility index (Phi) is 27.5. The third kappa shape index (κ3) is 22.6. The molecule has 4 N–H and O–H groups in total. The molecule has 0 aliphatic carbocycles. The molecule has 0 aliphatic rings. The van der Waals surface area contributed by atoms with E-state index in [4.69, 9.17) is 18.9 Å². The number of aromatic nitrogens is 2. The van der Waals surface area contributed by atoms with Gasteiger partial charge in [0.1, 0.15) is 26.4 Å². The summed E-state index contributed by atoms with van der Waals surface area (Å²) in [6.07, 6.45) is 11.3. The second-order valence-corrected chi connectivity index (χ2v) is 36.7. The van der Waals surface area contributed by atoms with Crippen LogP contribution >= 0.6 is 0 Å². The molecule has 11 rings (SSSR count). The van der Waals surface area contributed by atoms with Gasteiger partial charge in [-0.1, -0.05) is 307 Å². The first-order valence-electron chi connectivity index (χ1n) is 41.2. The van der Waals surface area contributed by atoms with Gasteiger partial charge in [-0.15, -0.1) is 0 Å². The van der Waals surface area contributed by atoms with Gasteiger partial charge < -0.3 is 18.9 Å². The van der Waals surface area contributed by atoms with Crippen LogP contribution in [-0.2, 0) is 62.3 Å². The summed E-state index contributed by atoms with van der Waals surface area (Å²) in [5.74, 6) is 0.